The molecule has 2 atom stereocenters. The minimum absolute atomic E-state index is 0.0224. The lowest BCUT2D eigenvalue weighted by Crippen LogP contribution is -2.70. The van der Waals surface area contributed by atoms with E-state index >= 15 is 0 Å². The van der Waals surface area contributed by atoms with Gasteiger partial charge in [-0.1, -0.05) is 0 Å². The molecule has 2 fully saturated rings. The number of carbonyl (C=O) groups excluding carboxylic acids is 2. The predicted octanol–water partition coefficient (Wildman–Crippen LogP) is 0.490. The number of hydrogen-bond acceptors (Lipinski definition) is 8. The Kier molecular flexibility index (Phi) is 4.65. The van der Waals surface area contributed by atoms with Crippen molar-refractivity contribution in [1.29, 1.82) is 0 Å². The number of anilines is 2. The number of hydrazine groups is 1. The number of halogens is 4. The molecule has 1 aromatic rings. The Hall–Kier alpha value is -2.80. The van der Waals surface area contributed by atoms with E-state index in [-0.39, 0.29) is 29.8 Å². The summed E-state index contributed by atoms with van der Waals surface area (Å²) >= 11 is 0. The van der Waals surface area contributed by atoms with E-state index in [1.807, 2.05) is 0 Å². The fourth-order valence-corrected chi connectivity index (χ4v) is 3.26. The first-order valence-corrected chi connectivity index (χ1v) is 8.76. The summed E-state index contributed by atoms with van der Waals surface area (Å²) < 4.78 is 57.6. The monoisotopic (exact) mass is 419 g/mol. The molecule has 13 heteroatoms. The van der Waals surface area contributed by atoms with Crippen LogP contribution in [0.4, 0.5) is 28.9 Å². The normalized spacial score (nSPS) is 24.6. The lowest BCUT2D eigenvalue weighted by molar-refractivity contribution is -0.265. The molecule has 0 aliphatic carbocycles. The molecule has 0 bridgehead atoms. The highest BCUT2D eigenvalue weighted by Gasteiger charge is 2.49. The Morgan fingerprint density at radius 1 is 1.34 bits per heavy atom. The van der Waals surface area contributed by atoms with Crippen molar-refractivity contribution >= 4 is 23.3 Å². The number of rotatable bonds is 3. The Labute approximate surface area is 161 Å². The molecule has 9 nitrogen and oxygen atoms in total. The zero-order chi connectivity index (χ0) is 20.9. The van der Waals surface area contributed by atoms with Crippen molar-refractivity contribution < 1.29 is 36.7 Å². The molecule has 29 heavy (non-hydrogen) atoms. The number of nitrogens with zero attached hydrogens (tertiary/aromatic N) is 2. The SMILES string of the molecule is CC1C(=O)NN(OC(=O)C(F)(F)F)C2COc3cc(F)c(NC4CNC4)cc3N12. The maximum absolute atomic E-state index is 14.4. The van der Waals surface area contributed by atoms with Crippen molar-refractivity contribution in [3.05, 3.63) is 17.9 Å². The Bertz CT molecular complexity index is 847. The van der Waals surface area contributed by atoms with Crippen LogP contribution in [0.3, 0.4) is 0 Å². The van der Waals surface area contributed by atoms with Gasteiger partial charge in [-0.15, -0.1) is 0 Å². The second-order valence-corrected chi connectivity index (χ2v) is 6.85. The molecule has 0 radical (unpaired) electrons. The van der Waals surface area contributed by atoms with E-state index in [4.69, 9.17) is 4.74 Å². The first kappa shape index (κ1) is 19.5. The maximum atomic E-state index is 14.4. The Morgan fingerprint density at radius 3 is 2.69 bits per heavy atom. The highest BCUT2D eigenvalue weighted by molar-refractivity contribution is 5.87. The van der Waals surface area contributed by atoms with Gasteiger partial charge in [0.05, 0.1) is 17.4 Å². The molecule has 3 aliphatic rings. The van der Waals surface area contributed by atoms with Gasteiger partial charge < -0.3 is 25.1 Å². The van der Waals surface area contributed by atoms with Gasteiger partial charge in [0.2, 0.25) is 0 Å². The van der Waals surface area contributed by atoms with Gasteiger partial charge in [-0.2, -0.15) is 13.2 Å². The van der Waals surface area contributed by atoms with Crippen LogP contribution in [0.1, 0.15) is 6.92 Å². The largest absolute Gasteiger partial charge is 0.492 e. The summed E-state index contributed by atoms with van der Waals surface area (Å²) in [6.07, 6.45) is -6.33. The number of benzene rings is 1. The molecule has 3 aliphatic heterocycles. The zero-order valence-electron chi connectivity index (χ0n) is 15.0. The molecule has 4 rings (SSSR count). The van der Waals surface area contributed by atoms with Gasteiger partial charge in [-0.3, -0.25) is 10.2 Å². The summed E-state index contributed by atoms with van der Waals surface area (Å²) in [5.74, 6) is -3.63. The number of hydrogen-bond donors (Lipinski definition) is 3. The first-order chi connectivity index (χ1) is 13.6. The molecule has 3 N–H and O–H groups in total. The molecule has 2 unspecified atom stereocenters. The van der Waals surface area contributed by atoms with E-state index in [2.05, 4.69) is 20.9 Å². The van der Waals surface area contributed by atoms with Gasteiger partial charge in [0, 0.05) is 19.2 Å². The van der Waals surface area contributed by atoms with Crippen molar-refractivity contribution in [2.75, 3.05) is 29.9 Å². The summed E-state index contributed by atoms with van der Waals surface area (Å²) in [5, 5.41) is 6.46. The Morgan fingerprint density at radius 2 is 2.07 bits per heavy atom. The van der Waals surface area contributed by atoms with Crippen LogP contribution in [0, 0.1) is 5.82 Å². The predicted molar refractivity (Wildman–Crippen MR) is 90.0 cm³/mol. The van der Waals surface area contributed by atoms with Crippen molar-refractivity contribution in [2.24, 2.45) is 0 Å². The van der Waals surface area contributed by atoms with Crippen molar-refractivity contribution in [3.63, 3.8) is 0 Å². The minimum Gasteiger partial charge on any atom is -0.488 e. The second kappa shape index (κ2) is 6.91. The van der Waals surface area contributed by atoms with E-state index in [1.165, 1.54) is 17.9 Å². The zero-order valence-corrected chi connectivity index (χ0v) is 15.0. The van der Waals surface area contributed by atoms with E-state index in [0.717, 1.165) is 6.07 Å². The van der Waals surface area contributed by atoms with Gasteiger partial charge in [0.25, 0.3) is 5.91 Å². The fourth-order valence-electron chi connectivity index (χ4n) is 3.26. The summed E-state index contributed by atoms with van der Waals surface area (Å²) in [7, 11) is 0. The molecule has 1 amide bonds. The van der Waals surface area contributed by atoms with E-state index < -0.39 is 36.1 Å². The average Bonchev–Trinajstić information content (AvgIpc) is 2.61. The number of fused-ring (bicyclic) bond motifs is 3. The second-order valence-electron chi connectivity index (χ2n) is 6.85. The third kappa shape index (κ3) is 3.51. The van der Waals surface area contributed by atoms with Crippen molar-refractivity contribution in [3.8, 4) is 5.75 Å². The van der Waals surface area contributed by atoms with Gasteiger partial charge in [-0.25, -0.2) is 9.18 Å². The minimum atomic E-state index is -5.25. The molecule has 0 aromatic heterocycles. The summed E-state index contributed by atoms with van der Waals surface area (Å²) in [5.41, 5.74) is 2.56. The molecular weight excluding hydrogens is 402 g/mol. The molecule has 2 saturated heterocycles. The fraction of sp³-hybridized carbons (Fsp3) is 0.500. The molecule has 158 valence electrons. The number of amides is 1. The molecule has 0 spiro atoms. The van der Waals surface area contributed by atoms with Crippen molar-refractivity contribution in [1.82, 2.24) is 15.9 Å². The molecule has 3 heterocycles. The highest BCUT2D eigenvalue weighted by Crippen LogP contribution is 2.41. The molecule has 0 saturated carbocycles. The average molecular weight is 419 g/mol. The lowest BCUT2D eigenvalue weighted by Gasteiger charge is -2.48. The smallest absolute Gasteiger partial charge is 0.488 e. The van der Waals surface area contributed by atoms with Crippen LogP contribution < -0.4 is 25.7 Å². The standard InChI is InChI=1S/C16H17F4N5O4/c1-7-14(26)23-25(29-15(27)16(18,19)20)13-6-28-12-2-9(17)10(3-11(12)24(7)13)22-8-4-21-5-8/h2-3,7-8,13,21-22H,4-6H2,1H3,(H,23,26). The van der Waals surface area contributed by atoms with Crippen LogP contribution in [0.5, 0.6) is 5.75 Å². The summed E-state index contributed by atoms with van der Waals surface area (Å²) in [6.45, 7) is 2.55. The maximum Gasteiger partial charge on any atom is 0.492 e. The molecule has 1 aromatic carbocycles. The third-order valence-corrected chi connectivity index (χ3v) is 4.88. The van der Waals surface area contributed by atoms with Crippen LogP contribution in [0.2, 0.25) is 0 Å². The van der Waals surface area contributed by atoms with Crippen LogP contribution in [-0.4, -0.2) is 61.2 Å². The summed E-state index contributed by atoms with van der Waals surface area (Å²) in [4.78, 5) is 29.3. The van der Waals surface area contributed by atoms with Crippen LogP contribution >= 0.6 is 0 Å². The van der Waals surface area contributed by atoms with Crippen LogP contribution in [0.15, 0.2) is 12.1 Å². The van der Waals surface area contributed by atoms with Crippen molar-refractivity contribution in [2.45, 2.75) is 31.3 Å². The van der Waals surface area contributed by atoms with Gasteiger partial charge >= 0.3 is 12.1 Å². The number of ether oxygens (including phenoxy) is 1. The topological polar surface area (TPSA) is 95.2 Å². The Balaban J connectivity index is 1.65. The summed E-state index contributed by atoms with van der Waals surface area (Å²) in [6, 6.07) is 1.75. The van der Waals surface area contributed by atoms with Gasteiger partial charge in [0.15, 0.2) is 6.17 Å². The third-order valence-electron chi connectivity index (χ3n) is 4.88. The van der Waals surface area contributed by atoms with Crippen LogP contribution in [-0.2, 0) is 14.4 Å². The number of nitrogens with one attached hydrogen (secondary N) is 3. The molecular formula is C16H17F4N5O4. The number of carbonyl (C=O) groups is 2. The van der Waals surface area contributed by atoms with Crippen LogP contribution in [0.25, 0.3) is 0 Å². The van der Waals surface area contributed by atoms with E-state index in [0.29, 0.717) is 18.3 Å². The first-order valence-electron chi connectivity index (χ1n) is 8.76. The van der Waals surface area contributed by atoms with E-state index in [9.17, 15) is 27.2 Å². The van der Waals surface area contributed by atoms with Gasteiger partial charge in [0.1, 0.15) is 24.2 Å². The lowest BCUT2D eigenvalue weighted by atomic mass is 10.1. The quantitative estimate of drug-likeness (QED) is 0.610. The van der Waals surface area contributed by atoms with E-state index in [1.54, 1.807) is 0 Å². The number of hydroxylamine groups is 1. The van der Waals surface area contributed by atoms with Gasteiger partial charge in [-0.05, 0) is 18.2 Å². The highest BCUT2D eigenvalue weighted by atomic mass is 19.4. The number of alkyl halides is 3.